The largest absolute Gasteiger partial charge is 0.372 e. The predicted molar refractivity (Wildman–Crippen MR) is 79.2 cm³/mol. The lowest BCUT2D eigenvalue weighted by atomic mass is 9.85. The third kappa shape index (κ3) is 2.45. The molecule has 0 unspecified atom stereocenters. The van der Waals surface area contributed by atoms with Crippen LogP contribution in [0.3, 0.4) is 0 Å². The van der Waals surface area contributed by atoms with E-state index in [1.165, 1.54) is 4.90 Å². The van der Waals surface area contributed by atoms with Gasteiger partial charge in [-0.2, -0.15) is 0 Å². The van der Waals surface area contributed by atoms with E-state index in [4.69, 9.17) is 0 Å². The molecule has 0 saturated heterocycles. The Hall–Kier alpha value is -2.13. The average Bonchev–Trinajstić information content (AvgIpc) is 2.54. The molecule has 104 valence electrons. The van der Waals surface area contributed by atoms with E-state index >= 15 is 0 Å². The summed E-state index contributed by atoms with van der Waals surface area (Å²) >= 11 is 0. The van der Waals surface area contributed by atoms with Gasteiger partial charge in [0.1, 0.15) is 0 Å². The van der Waals surface area contributed by atoms with Gasteiger partial charge in [0, 0.05) is 13.6 Å². The number of likely N-dealkylation sites (N-methyl/N-ethyl adjacent to an activating group) is 1. The van der Waals surface area contributed by atoms with Crippen molar-refractivity contribution >= 4 is 5.91 Å². The maximum Gasteiger partial charge on any atom is 0.263 e. The maximum absolute atomic E-state index is 12.7. The molecule has 1 N–H and O–H groups in total. The first-order chi connectivity index (χ1) is 9.60. The molecule has 0 fully saturated rings. The van der Waals surface area contributed by atoms with Gasteiger partial charge in [-0.15, -0.1) is 0 Å². The minimum absolute atomic E-state index is 0.322. The van der Waals surface area contributed by atoms with E-state index in [0.717, 1.165) is 0 Å². The Morgan fingerprint density at radius 3 is 1.75 bits per heavy atom. The van der Waals surface area contributed by atoms with Crippen LogP contribution in [0.1, 0.15) is 18.1 Å². The van der Waals surface area contributed by atoms with E-state index in [1.54, 1.807) is 31.3 Å². The molecule has 0 bridgehead atoms. The van der Waals surface area contributed by atoms with Crippen LogP contribution in [0.5, 0.6) is 0 Å². The lowest BCUT2D eigenvalue weighted by molar-refractivity contribution is -0.146. The standard InChI is InChI=1S/C17H19NO2/c1-3-18(2)16(19)17(20,14-10-6-4-7-11-14)15-12-8-5-9-13-15/h4-13,20H,3H2,1-2H3. The van der Waals surface area contributed by atoms with E-state index in [1.807, 2.05) is 43.3 Å². The Kier molecular flexibility index (Phi) is 4.20. The number of carbonyl (C=O) groups is 1. The molecule has 1 amide bonds. The van der Waals surface area contributed by atoms with Crippen molar-refractivity contribution in [3.63, 3.8) is 0 Å². The molecule has 3 heteroatoms. The van der Waals surface area contributed by atoms with Crippen molar-refractivity contribution in [3.8, 4) is 0 Å². The Morgan fingerprint density at radius 1 is 1.00 bits per heavy atom. The van der Waals surface area contributed by atoms with Gasteiger partial charge in [0.2, 0.25) is 0 Å². The zero-order valence-corrected chi connectivity index (χ0v) is 11.8. The monoisotopic (exact) mass is 269 g/mol. The second-order valence-electron chi connectivity index (χ2n) is 4.76. The normalized spacial score (nSPS) is 11.2. The zero-order valence-electron chi connectivity index (χ0n) is 11.8. The van der Waals surface area contributed by atoms with Gasteiger partial charge < -0.3 is 10.0 Å². The van der Waals surface area contributed by atoms with Gasteiger partial charge >= 0.3 is 0 Å². The highest BCUT2D eigenvalue weighted by Crippen LogP contribution is 2.31. The quantitative estimate of drug-likeness (QED) is 0.926. The van der Waals surface area contributed by atoms with Crippen LogP contribution < -0.4 is 0 Å². The molecule has 0 spiro atoms. The smallest absolute Gasteiger partial charge is 0.263 e. The number of benzene rings is 2. The first-order valence-corrected chi connectivity index (χ1v) is 6.69. The van der Waals surface area contributed by atoms with E-state index in [0.29, 0.717) is 17.7 Å². The first kappa shape index (κ1) is 14.3. The minimum atomic E-state index is -1.65. The first-order valence-electron chi connectivity index (χ1n) is 6.69. The molecule has 0 aliphatic carbocycles. The molecule has 0 atom stereocenters. The number of amides is 1. The number of aliphatic hydroxyl groups is 1. The predicted octanol–water partition coefficient (Wildman–Crippen LogP) is 2.40. The highest BCUT2D eigenvalue weighted by atomic mass is 16.3. The molecule has 0 aliphatic rings. The highest BCUT2D eigenvalue weighted by molar-refractivity contribution is 5.89. The molecule has 3 nitrogen and oxygen atoms in total. The highest BCUT2D eigenvalue weighted by Gasteiger charge is 2.41. The van der Waals surface area contributed by atoms with Crippen molar-refractivity contribution < 1.29 is 9.90 Å². The molecule has 20 heavy (non-hydrogen) atoms. The third-order valence-corrected chi connectivity index (χ3v) is 3.51. The lowest BCUT2D eigenvalue weighted by Crippen LogP contribution is -2.46. The van der Waals surface area contributed by atoms with E-state index in [2.05, 4.69) is 0 Å². The molecule has 2 rings (SSSR count). The maximum atomic E-state index is 12.7. The fourth-order valence-electron chi connectivity index (χ4n) is 2.19. The van der Waals surface area contributed by atoms with E-state index < -0.39 is 5.60 Å². The third-order valence-electron chi connectivity index (χ3n) is 3.51. The van der Waals surface area contributed by atoms with Gasteiger partial charge in [0.15, 0.2) is 5.60 Å². The van der Waals surface area contributed by atoms with Crippen molar-refractivity contribution in [3.05, 3.63) is 71.8 Å². The van der Waals surface area contributed by atoms with Crippen LogP contribution in [0.15, 0.2) is 60.7 Å². The van der Waals surface area contributed by atoms with Crippen LogP contribution in [0.2, 0.25) is 0 Å². The minimum Gasteiger partial charge on any atom is -0.372 e. The average molecular weight is 269 g/mol. The topological polar surface area (TPSA) is 40.5 Å². The van der Waals surface area contributed by atoms with Gasteiger partial charge in [0.05, 0.1) is 0 Å². The van der Waals surface area contributed by atoms with E-state index in [-0.39, 0.29) is 5.91 Å². The molecule has 0 aliphatic heterocycles. The van der Waals surface area contributed by atoms with Crippen LogP contribution in [0, 0.1) is 0 Å². The van der Waals surface area contributed by atoms with Crippen LogP contribution in [-0.4, -0.2) is 29.5 Å². The summed E-state index contributed by atoms with van der Waals surface area (Å²) in [6.45, 7) is 2.43. The van der Waals surface area contributed by atoms with Gasteiger partial charge in [-0.05, 0) is 18.1 Å². The van der Waals surface area contributed by atoms with Gasteiger partial charge in [-0.25, -0.2) is 0 Å². The molecule has 0 aromatic heterocycles. The molecule has 0 saturated carbocycles. The molecular formula is C17H19NO2. The molecule has 0 heterocycles. The summed E-state index contributed by atoms with van der Waals surface area (Å²) in [6, 6.07) is 18.1. The fraction of sp³-hybridized carbons (Fsp3) is 0.235. The van der Waals surface area contributed by atoms with Gasteiger partial charge in [-0.3, -0.25) is 4.79 Å². The van der Waals surface area contributed by atoms with Crippen LogP contribution >= 0.6 is 0 Å². The number of carbonyl (C=O) groups excluding carboxylic acids is 1. The fourth-order valence-corrected chi connectivity index (χ4v) is 2.19. The van der Waals surface area contributed by atoms with Gasteiger partial charge in [0.25, 0.3) is 5.91 Å². The molecular weight excluding hydrogens is 250 g/mol. The summed E-state index contributed by atoms with van der Waals surface area (Å²) < 4.78 is 0. The van der Waals surface area contributed by atoms with E-state index in [9.17, 15) is 9.90 Å². The summed E-state index contributed by atoms with van der Waals surface area (Å²) in [6.07, 6.45) is 0. The number of nitrogens with zero attached hydrogens (tertiary/aromatic N) is 1. The zero-order chi connectivity index (χ0) is 14.6. The van der Waals surface area contributed by atoms with Crippen molar-refractivity contribution in [2.75, 3.05) is 13.6 Å². The van der Waals surface area contributed by atoms with Crippen molar-refractivity contribution in [2.45, 2.75) is 12.5 Å². The van der Waals surface area contributed by atoms with Crippen LogP contribution in [0.4, 0.5) is 0 Å². The Morgan fingerprint density at radius 2 is 1.40 bits per heavy atom. The Balaban J connectivity index is 2.58. The van der Waals surface area contributed by atoms with Gasteiger partial charge in [-0.1, -0.05) is 60.7 Å². The lowest BCUT2D eigenvalue weighted by Gasteiger charge is -2.31. The number of rotatable bonds is 4. The second-order valence-corrected chi connectivity index (χ2v) is 4.76. The Bertz CT molecular complexity index is 527. The molecule has 0 radical (unpaired) electrons. The van der Waals surface area contributed by atoms with Crippen LogP contribution in [0.25, 0.3) is 0 Å². The summed E-state index contributed by atoms with van der Waals surface area (Å²) in [5.41, 5.74) is -0.485. The molecule has 2 aromatic rings. The summed E-state index contributed by atoms with van der Waals surface area (Å²) in [5.74, 6) is -0.322. The summed E-state index contributed by atoms with van der Waals surface area (Å²) in [7, 11) is 1.69. The summed E-state index contributed by atoms with van der Waals surface area (Å²) in [4.78, 5) is 14.2. The number of hydrogen-bond donors (Lipinski definition) is 1. The number of hydrogen-bond acceptors (Lipinski definition) is 2. The van der Waals surface area contributed by atoms with Crippen molar-refractivity contribution in [2.24, 2.45) is 0 Å². The van der Waals surface area contributed by atoms with Crippen molar-refractivity contribution in [1.29, 1.82) is 0 Å². The van der Waals surface area contributed by atoms with Crippen LogP contribution in [-0.2, 0) is 10.4 Å². The Labute approximate surface area is 119 Å². The van der Waals surface area contributed by atoms with Crippen molar-refractivity contribution in [1.82, 2.24) is 4.90 Å². The molecule has 2 aromatic carbocycles. The second kappa shape index (κ2) is 5.88. The SMILES string of the molecule is CCN(C)C(=O)C(O)(c1ccccc1)c1ccccc1. The summed E-state index contributed by atoms with van der Waals surface area (Å²) in [5, 5.41) is 11.1.